The van der Waals surface area contributed by atoms with Gasteiger partial charge in [0.1, 0.15) is 5.84 Å². The first-order valence-electron chi connectivity index (χ1n) is 5.10. The number of rotatable bonds is 5. The summed E-state index contributed by atoms with van der Waals surface area (Å²) in [4.78, 5) is 13.2. The van der Waals surface area contributed by atoms with Gasteiger partial charge in [-0.15, -0.1) is 0 Å². The molecule has 0 aliphatic rings. The zero-order valence-electron chi connectivity index (χ0n) is 9.90. The molecule has 0 aromatic heterocycles. The Morgan fingerprint density at radius 3 is 2.40 bits per heavy atom. The topological polar surface area (TPSA) is 78.9 Å². The van der Waals surface area contributed by atoms with E-state index in [0.717, 1.165) is 6.42 Å². The Balaban J connectivity index is 4.19. The number of amidine groups is 1. The first kappa shape index (κ1) is 13.7. The largest absolute Gasteiger partial charge is 0.409 e. The van der Waals surface area contributed by atoms with Crippen molar-refractivity contribution in [3.8, 4) is 0 Å². The highest BCUT2D eigenvalue weighted by Gasteiger charge is 2.17. The molecule has 1 unspecified atom stereocenters. The van der Waals surface area contributed by atoms with Gasteiger partial charge in [-0.3, -0.25) is 4.79 Å². The fourth-order valence-electron chi connectivity index (χ4n) is 1.40. The molecule has 1 atom stereocenters. The molecule has 0 aromatic carbocycles. The van der Waals surface area contributed by atoms with Crippen LogP contribution in [0.2, 0.25) is 0 Å². The first-order valence-corrected chi connectivity index (χ1v) is 5.10. The predicted molar refractivity (Wildman–Crippen MR) is 59.7 cm³/mol. The smallest absolute Gasteiger partial charge is 0.230 e. The highest BCUT2D eigenvalue weighted by atomic mass is 16.4. The van der Waals surface area contributed by atoms with Crippen LogP contribution in [-0.2, 0) is 4.79 Å². The fourth-order valence-corrected chi connectivity index (χ4v) is 1.40. The second-order valence-electron chi connectivity index (χ2n) is 4.25. The van der Waals surface area contributed by atoms with Gasteiger partial charge in [0, 0.05) is 13.1 Å². The summed E-state index contributed by atoms with van der Waals surface area (Å²) in [5, 5.41) is 11.1. The molecular weight excluding hydrogens is 194 g/mol. The van der Waals surface area contributed by atoms with Gasteiger partial charge in [0.05, 0.1) is 6.42 Å². The van der Waals surface area contributed by atoms with Crippen LogP contribution < -0.4 is 5.73 Å². The Hall–Kier alpha value is -1.26. The molecule has 5 nitrogen and oxygen atoms in total. The third-order valence-corrected chi connectivity index (χ3v) is 2.33. The van der Waals surface area contributed by atoms with Crippen molar-refractivity contribution in [2.75, 3.05) is 7.05 Å². The molecule has 0 bridgehead atoms. The standard InChI is InChI=1S/C10H21N3O2/c1-7(2)5-8(3)13(4)10(14)6-9(11)12-15/h7-8,15H,5-6H2,1-4H3,(H2,11,12). The summed E-state index contributed by atoms with van der Waals surface area (Å²) < 4.78 is 0. The molecule has 5 heteroatoms. The number of oxime groups is 1. The van der Waals surface area contributed by atoms with E-state index in [9.17, 15) is 4.79 Å². The lowest BCUT2D eigenvalue weighted by Gasteiger charge is -2.26. The molecule has 0 fully saturated rings. The van der Waals surface area contributed by atoms with Crippen molar-refractivity contribution in [2.45, 2.75) is 39.7 Å². The third kappa shape index (κ3) is 5.24. The van der Waals surface area contributed by atoms with Crippen LogP contribution in [0.4, 0.5) is 0 Å². The van der Waals surface area contributed by atoms with Crippen molar-refractivity contribution < 1.29 is 10.0 Å². The Morgan fingerprint density at radius 1 is 1.47 bits per heavy atom. The maximum atomic E-state index is 11.6. The molecular formula is C10H21N3O2. The quantitative estimate of drug-likeness (QED) is 0.311. The molecule has 0 spiro atoms. The Morgan fingerprint density at radius 2 is 2.00 bits per heavy atom. The number of hydrogen-bond donors (Lipinski definition) is 2. The van der Waals surface area contributed by atoms with E-state index in [1.165, 1.54) is 0 Å². The average Bonchev–Trinajstić information content (AvgIpc) is 2.15. The summed E-state index contributed by atoms with van der Waals surface area (Å²) in [7, 11) is 1.74. The zero-order chi connectivity index (χ0) is 12.0. The highest BCUT2D eigenvalue weighted by Crippen LogP contribution is 2.10. The van der Waals surface area contributed by atoms with Crippen LogP contribution in [0.15, 0.2) is 5.16 Å². The number of carbonyl (C=O) groups excluding carboxylic acids is 1. The van der Waals surface area contributed by atoms with Gasteiger partial charge in [-0.1, -0.05) is 19.0 Å². The number of carbonyl (C=O) groups is 1. The van der Waals surface area contributed by atoms with E-state index in [-0.39, 0.29) is 24.2 Å². The minimum Gasteiger partial charge on any atom is -0.409 e. The SMILES string of the molecule is CC(C)CC(C)N(C)C(=O)CC(N)=NO. The van der Waals surface area contributed by atoms with Crippen LogP contribution in [0.1, 0.15) is 33.6 Å². The molecule has 0 saturated heterocycles. The Bertz CT molecular complexity index is 239. The summed E-state index contributed by atoms with van der Waals surface area (Å²) in [6.07, 6.45) is 0.911. The van der Waals surface area contributed by atoms with Gasteiger partial charge in [0.25, 0.3) is 0 Å². The number of amides is 1. The first-order chi connectivity index (χ1) is 6.88. The van der Waals surface area contributed by atoms with Crippen molar-refractivity contribution >= 4 is 11.7 Å². The van der Waals surface area contributed by atoms with E-state index < -0.39 is 0 Å². The van der Waals surface area contributed by atoms with E-state index in [4.69, 9.17) is 10.9 Å². The van der Waals surface area contributed by atoms with Gasteiger partial charge in [0.15, 0.2) is 0 Å². The molecule has 0 heterocycles. The summed E-state index contributed by atoms with van der Waals surface area (Å²) >= 11 is 0. The van der Waals surface area contributed by atoms with Crippen LogP contribution >= 0.6 is 0 Å². The second kappa shape index (κ2) is 6.27. The zero-order valence-corrected chi connectivity index (χ0v) is 9.90. The molecule has 0 radical (unpaired) electrons. The molecule has 88 valence electrons. The number of nitrogens with two attached hydrogens (primary N) is 1. The summed E-state index contributed by atoms with van der Waals surface area (Å²) in [6.45, 7) is 6.21. The van der Waals surface area contributed by atoms with Gasteiger partial charge >= 0.3 is 0 Å². The van der Waals surface area contributed by atoms with Crippen LogP contribution in [-0.4, -0.2) is 34.9 Å². The van der Waals surface area contributed by atoms with Crippen LogP contribution in [0.25, 0.3) is 0 Å². The van der Waals surface area contributed by atoms with E-state index in [1.54, 1.807) is 11.9 Å². The van der Waals surface area contributed by atoms with Crippen LogP contribution in [0.3, 0.4) is 0 Å². The van der Waals surface area contributed by atoms with Crippen molar-refractivity contribution in [3.05, 3.63) is 0 Å². The van der Waals surface area contributed by atoms with Crippen molar-refractivity contribution in [2.24, 2.45) is 16.8 Å². The lowest BCUT2D eigenvalue weighted by molar-refractivity contribution is -0.130. The van der Waals surface area contributed by atoms with Crippen LogP contribution in [0.5, 0.6) is 0 Å². The molecule has 15 heavy (non-hydrogen) atoms. The number of hydrogen-bond acceptors (Lipinski definition) is 3. The van der Waals surface area contributed by atoms with Crippen LogP contribution in [0, 0.1) is 5.92 Å². The lowest BCUT2D eigenvalue weighted by Crippen LogP contribution is -2.38. The van der Waals surface area contributed by atoms with E-state index in [2.05, 4.69) is 19.0 Å². The molecule has 0 saturated carbocycles. The third-order valence-electron chi connectivity index (χ3n) is 2.33. The van der Waals surface area contributed by atoms with Crippen molar-refractivity contribution in [1.29, 1.82) is 0 Å². The lowest BCUT2D eigenvalue weighted by atomic mass is 10.0. The van der Waals surface area contributed by atoms with Gasteiger partial charge in [-0.25, -0.2) is 0 Å². The minimum absolute atomic E-state index is 0.0323. The Kier molecular flexibility index (Phi) is 5.74. The molecule has 0 aromatic rings. The van der Waals surface area contributed by atoms with E-state index >= 15 is 0 Å². The Labute approximate surface area is 90.9 Å². The summed E-state index contributed by atoms with van der Waals surface area (Å²) in [5.74, 6) is 0.362. The summed E-state index contributed by atoms with van der Waals surface area (Å²) in [5.41, 5.74) is 5.27. The number of nitrogens with zero attached hydrogens (tertiary/aromatic N) is 2. The summed E-state index contributed by atoms with van der Waals surface area (Å²) in [6, 6.07) is 0.170. The monoisotopic (exact) mass is 215 g/mol. The fraction of sp³-hybridized carbons (Fsp3) is 0.800. The second-order valence-corrected chi connectivity index (χ2v) is 4.25. The molecule has 1 amide bonds. The van der Waals surface area contributed by atoms with Gasteiger partial charge in [-0.2, -0.15) is 0 Å². The molecule has 3 N–H and O–H groups in total. The molecule has 0 rings (SSSR count). The van der Waals surface area contributed by atoms with Crippen molar-refractivity contribution in [3.63, 3.8) is 0 Å². The van der Waals surface area contributed by atoms with E-state index in [1.807, 2.05) is 6.92 Å². The van der Waals surface area contributed by atoms with Gasteiger partial charge in [-0.05, 0) is 19.3 Å². The minimum atomic E-state index is -0.126. The van der Waals surface area contributed by atoms with Gasteiger partial charge < -0.3 is 15.8 Å². The highest BCUT2D eigenvalue weighted by molar-refractivity contribution is 5.98. The normalized spacial score (nSPS) is 14.1. The maximum absolute atomic E-state index is 11.6. The predicted octanol–water partition coefficient (Wildman–Crippen LogP) is 1.02. The average molecular weight is 215 g/mol. The van der Waals surface area contributed by atoms with Gasteiger partial charge in [0.2, 0.25) is 5.91 Å². The van der Waals surface area contributed by atoms with Crippen molar-refractivity contribution in [1.82, 2.24) is 4.90 Å². The molecule has 0 aliphatic heterocycles. The molecule has 0 aliphatic carbocycles. The van der Waals surface area contributed by atoms with E-state index in [0.29, 0.717) is 5.92 Å². The maximum Gasteiger partial charge on any atom is 0.230 e.